The van der Waals surface area contributed by atoms with Crippen LogP contribution in [0.4, 0.5) is 0 Å². The molecule has 0 aliphatic heterocycles. The van der Waals surface area contributed by atoms with Crippen LogP contribution < -0.4 is 4.04 Å². The number of nitrogens with zero attached hydrogens (tertiary/aromatic N) is 1. The lowest BCUT2D eigenvalue weighted by atomic mass is 11.7. The summed E-state index contributed by atoms with van der Waals surface area (Å²) in [6, 6.07) is 0. The van der Waals surface area contributed by atoms with E-state index >= 15 is 0 Å². The van der Waals surface area contributed by atoms with Gasteiger partial charge in [0, 0.05) is 0 Å². The van der Waals surface area contributed by atoms with Crippen molar-refractivity contribution in [3.05, 3.63) is 0 Å². The van der Waals surface area contributed by atoms with E-state index in [1.165, 1.54) is 0 Å². The number of hydrogen-bond acceptors (Lipinski definition) is 2. The highest BCUT2D eigenvalue weighted by Crippen LogP contribution is 1.83. The van der Waals surface area contributed by atoms with Crippen molar-refractivity contribution in [3.63, 3.8) is 0 Å². The Kier molecular flexibility index (Phi) is 2.02. The lowest BCUT2D eigenvalue weighted by molar-refractivity contribution is 0.557. The molecular weight excluding hydrogens is 142 g/mol. The Bertz CT molecular complexity index is 207. The molecule has 0 aromatic heterocycles. The fourth-order valence-electron chi connectivity index (χ4n) is 0.0460. The van der Waals surface area contributed by atoms with E-state index in [0.717, 1.165) is 6.08 Å². The second-order valence-corrected chi connectivity index (χ2v) is 2.87. The number of rotatable bonds is 0. The quantitative estimate of drug-likeness (QED) is 0.214. The van der Waals surface area contributed by atoms with Gasteiger partial charge in [-0.2, -0.15) is 0 Å². The van der Waals surface area contributed by atoms with Crippen LogP contribution in [0.2, 0.25) is 0 Å². The molecular formula is CHClNO3S+. The third kappa shape index (κ3) is 5.69. The van der Waals surface area contributed by atoms with E-state index in [-0.39, 0.29) is 0 Å². The average Bonchev–Trinajstić information content (AvgIpc) is 1.30. The van der Waals surface area contributed by atoms with Crippen LogP contribution in [0, 0.1) is 0 Å². The highest BCUT2D eigenvalue weighted by Gasteiger charge is 2.02. The first-order chi connectivity index (χ1) is 3.06. The first-order valence-electron chi connectivity index (χ1n) is 1.11. The molecule has 0 spiro atoms. The van der Waals surface area contributed by atoms with E-state index < -0.39 is 9.22 Å². The zero-order valence-corrected chi connectivity index (χ0v) is 4.57. The Morgan fingerprint density at radius 3 is 2.29 bits per heavy atom. The van der Waals surface area contributed by atoms with Crippen LogP contribution >= 0.6 is 10.7 Å². The van der Waals surface area contributed by atoms with Crippen LogP contribution in [0.15, 0.2) is 0 Å². The van der Waals surface area contributed by atoms with E-state index in [9.17, 15) is 4.21 Å². The molecule has 40 valence electrons. The Hall–Kier alpha value is -0.310. The van der Waals surface area contributed by atoms with Crippen molar-refractivity contribution < 1.29 is 13.6 Å². The summed E-state index contributed by atoms with van der Waals surface area (Å²) in [5, 5.41) is 0. The zero-order chi connectivity index (χ0) is 5.91. The minimum Gasteiger partial charge on any atom is -0.242 e. The Labute approximate surface area is 44.3 Å². The standard InChI is InChI=1S/CClNO3S/c2-7(5,6)3-1-4/p+1. The van der Waals surface area contributed by atoms with Gasteiger partial charge in [0.25, 0.3) is 0 Å². The molecule has 0 aliphatic carbocycles. The van der Waals surface area contributed by atoms with Crippen molar-refractivity contribution >= 4 is 26.0 Å². The molecule has 0 fully saturated rings. The van der Waals surface area contributed by atoms with Gasteiger partial charge in [0.1, 0.15) is 4.04 Å². The van der Waals surface area contributed by atoms with Gasteiger partial charge in [-0.1, -0.05) is 0 Å². The van der Waals surface area contributed by atoms with Crippen LogP contribution in [0.25, 0.3) is 0 Å². The monoisotopic (exact) mass is 142 g/mol. The fraction of sp³-hybridized carbons (Fsp3) is 0. The molecule has 0 radical (unpaired) electrons. The second kappa shape index (κ2) is 2.12. The molecule has 0 saturated carbocycles. The van der Waals surface area contributed by atoms with Crippen molar-refractivity contribution in [2.45, 2.75) is 0 Å². The summed E-state index contributed by atoms with van der Waals surface area (Å²) in [4.78, 5) is 9.11. The van der Waals surface area contributed by atoms with Crippen LogP contribution in [-0.4, -0.2) is 14.8 Å². The van der Waals surface area contributed by atoms with E-state index in [1.54, 1.807) is 0 Å². The molecule has 1 atom stereocenters. The summed E-state index contributed by atoms with van der Waals surface area (Å²) in [7, 11) is 0.737. The van der Waals surface area contributed by atoms with Crippen LogP contribution in [0.3, 0.4) is 0 Å². The lowest BCUT2D eigenvalue weighted by Crippen LogP contribution is -1.86. The minimum atomic E-state index is -3.75. The maximum absolute atomic E-state index is 9.68. The minimum absolute atomic E-state index is 0.825. The third-order valence-corrected chi connectivity index (χ3v) is 0.657. The van der Waals surface area contributed by atoms with E-state index in [4.69, 9.17) is 9.35 Å². The molecule has 0 amide bonds. The molecule has 0 aliphatic rings. The Morgan fingerprint density at radius 1 is 1.86 bits per heavy atom. The van der Waals surface area contributed by atoms with Gasteiger partial charge < -0.3 is 0 Å². The summed E-state index contributed by atoms with van der Waals surface area (Å²) < 4.78 is 19.9. The molecule has 4 nitrogen and oxygen atoms in total. The summed E-state index contributed by atoms with van der Waals surface area (Å²) in [5.41, 5.74) is 0. The first kappa shape index (κ1) is 6.69. The maximum Gasteiger partial charge on any atom is 0.587 e. The predicted octanol–water partition coefficient (Wildman–Crippen LogP) is -0.516. The van der Waals surface area contributed by atoms with Crippen molar-refractivity contribution in [2.24, 2.45) is 0 Å². The molecule has 6 heteroatoms. The molecule has 1 unspecified atom stereocenters. The van der Waals surface area contributed by atoms with Crippen LogP contribution in [-0.2, 0) is 14.0 Å². The number of carbonyl (C=O) groups excluding carboxylic acids is 1. The SMILES string of the molecule is O=C=[N+]=S(=O)(O)Cl. The van der Waals surface area contributed by atoms with Crippen molar-refractivity contribution in [3.8, 4) is 0 Å². The second-order valence-electron chi connectivity index (χ2n) is 0.614. The number of hydrogen-bond donors (Lipinski definition) is 1. The van der Waals surface area contributed by atoms with Gasteiger partial charge in [-0.25, -0.2) is 4.55 Å². The molecule has 0 aromatic carbocycles. The Morgan fingerprint density at radius 2 is 2.29 bits per heavy atom. The largest absolute Gasteiger partial charge is 0.587 e. The van der Waals surface area contributed by atoms with Crippen molar-refractivity contribution in [1.82, 2.24) is 4.04 Å². The summed E-state index contributed by atoms with van der Waals surface area (Å²) >= 11 is 0. The van der Waals surface area contributed by atoms with Gasteiger partial charge in [0.2, 0.25) is 0 Å². The van der Waals surface area contributed by atoms with Gasteiger partial charge >= 0.3 is 15.3 Å². The molecule has 1 N–H and O–H groups in total. The zero-order valence-electron chi connectivity index (χ0n) is 3.00. The molecule has 0 heterocycles. The maximum atomic E-state index is 9.68. The smallest absolute Gasteiger partial charge is 0.242 e. The molecule has 7 heavy (non-hydrogen) atoms. The highest BCUT2D eigenvalue weighted by atomic mass is 35.7. The van der Waals surface area contributed by atoms with Crippen LogP contribution in [0.1, 0.15) is 0 Å². The highest BCUT2D eigenvalue weighted by molar-refractivity contribution is 8.10. The predicted molar refractivity (Wildman–Crippen MR) is 24.5 cm³/mol. The average molecular weight is 143 g/mol. The number of isocyanates is 1. The van der Waals surface area contributed by atoms with E-state index in [1.807, 2.05) is 0 Å². The van der Waals surface area contributed by atoms with Gasteiger partial charge in [-0.3, -0.25) is 0 Å². The molecule has 0 saturated heterocycles. The summed E-state index contributed by atoms with van der Waals surface area (Å²) in [6.07, 6.45) is 0.825. The van der Waals surface area contributed by atoms with E-state index in [2.05, 4.69) is 14.7 Å². The van der Waals surface area contributed by atoms with Crippen molar-refractivity contribution in [2.75, 3.05) is 0 Å². The van der Waals surface area contributed by atoms with Gasteiger partial charge in [-0.05, 0) is 0 Å². The normalized spacial score (nSPS) is 16.3. The fourth-order valence-corrected chi connectivity index (χ4v) is 0.222. The third-order valence-electron chi connectivity index (χ3n) is 0.150. The molecule has 0 rings (SSSR count). The van der Waals surface area contributed by atoms with Crippen LogP contribution in [0.5, 0.6) is 0 Å². The van der Waals surface area contributed by atoms with Gasteiger partial charge in [0.15, 0.2) is 0 Å². The number of halogens is 1. The summed E-state index contributed by atoms with van der Waals surface area (Å²) in [6.45, 7) is 0. The van der Waals surface area contributed by atoms with Gasteiger partial charge in [-0.15, -0.1) is 9.00 Å². The molecule has 0 bridgehead atoms. The summed E-state index contributed by atoms with van der Waals surface area (Å²) in [5.74, 6) is 0. The van der Waals surface area contributed by atoms with Crippen molar-refractivity contribution in [1.29, 1.82) is 0 Å². The topological polar surface area (TPSA) is 68.5 Å². The lowest BCUT2D eigenvalue weighted by Gasteiger charge is -1.57. The molecule has 0 aromatic rings. The Balaban J connectivity index is 5.12. The first-order valence-corrected chi connectivity index (χ1v) is 3.41. The van der Waals surface area contributed by atoms with E-state index in [0.29, 0.717) is 0 Å². The van der Waals surface area contributed by atoms with Gasteiger partial charge in [0.05, 0.1) is 10.7 Å².